The lowest BCUT2D eigenvalue weighted by Crippen LogP contribution is -2.52. The third-order valence-corrected chi connectivity index (χ3v) is 6.68. The molecule has 0 bridgehead atoms. The van der Waals surface area contributed by atoms with Crippen molar-refractivity contribution in [1.82, 2.24) is 19.3 Å². The number of aromatic nitrogens is 4. The molecule has 2 aromatic heterocycles. The van der Waals surface area contributed by atoms with Gasteiger partial charge in [0.05, 0.1) is 30.5 Å². The second-order valence-electron chi connectivity index (χ2n) is 8.81. The van der Waals surface area contributed by atoms with Gasteiger partial charge in [-0.15, -0.1) is 0 Å². The first kappa shape index (κ1) is 22.7. The van der Waals surface area contributed by atoms with Crippen molar-refractivity contribution < 1.29 is 17.9 Å². The van der Waals surface area contributed by atoms with Gasteiger partial charge in [0.1, 0.15) is 11.9 Å². The molecule has 2 aliphatic rings. The molecule has 0 aliphatic carbocycles. The number of alkyl halides is 3. The fraction of sp³-hybridized carbons (Fsp3) is 0.522. The van der Waals surface area contributed by atoms with Gasteiger partial charge in [0.25, 0.3) is 5.56 Å². The molecule has 2 atom stereocenters. The summed E-state index contributed by atoms with van der Waals surface area (Å²) in [5.41, 5.74) is 0.991. The highest BCUT2D eigenvalue weighted by Crippen LogP contribution is 2.36. The summed E-state index contributed by atoms with van der Waals surface area (Å²) >= 11 is 0. The summed E-state index contributed by atoms with van der Waals surface area (Å²) in [5.74, 6) is 0.419. The van der Waals surface area contributed by atoms with Crippen molar-refractivity contribution in [1.29, 1.82) is 0 Å². The van der Waals surface area contributed by atoms with Gasteiger partial charge in [-0.3, -0.25) is 14.0 Å². The molecule has 0 saturated carbocycles. The SMILES string of the molecule is CCC1CN(c2cc(=O)n3c(n2)N(Cc2nn(C)c4ccccc24)C(C(F)(F)F)CC3)CCO1. The summed E-state index contributed by atoms with van der Waals surface area (Å²) < 4.78 is 51.2. The smallest absolute Gasteiger partial charge is 0.375 e. The van der Waals surface area contributed by atoms with Gasteiger partial charge in [-0.05, 0) is 18.9 Å². The summed E-state index contributed by atoms with van der Waals surface area (Å²) in [4.78, 5) is 20.7. The van der Waals surface area contributed by atoms with Crippen molar-refractivity contribution in [3.8, 4) is 0 Å². The van der Waals surface area contributed by atoms with Crippen LogP contribution in [0.2, 0.25) is 0 Å². The maximum atomic E-state index is 14.2. The van der Waals surface area contributed by atoms with Crippen LogP contribution in [0.15, 0.2) is 35.1 Å². The van der Waals surface area contributed by atoms with Crippen molar-refractivity contribution in [3.05, 3.63) is 46.4 Å². The summed E-state index contributed by atoms with van der Waals surface area (Å²) in [6, 6.07) is 7.08. The van der Waals surface area contributed by atoms with Crippen LogP contribution in [0.5, 0.6) is 0 Å². The molecule has 182 valence electrons. The molecule has 4 heterocycles. The predicted octanol–water partition coefficient (Wildman–Crippen LogP) is 3.09. The molecule has 3 aromatic rings. The fourth-order valence-electron chi connectivity index (χ4n) is 4.88. The molecule has 0 spiro atoms. The van der Waals surface area contributed by atoms with E-state index in [0.29, 0.717) is 31.2 Å². The number of ether oxygens (including phenoxy) is 1. The van der Waals surface area contributed by atoms with E-state index in [1.165, 1.54) is 15.5 Å². The molecule has 11 heteroatoms. The van der Waals surface area contributed by atoms with E-state index in [0.717, 1.165) is 17.3 Å². The largest absolute Gasteiger partial charge is 0.408 e. The Morgan fingerprint density at radius 3 is 2.76 bits per heavy atom. The second kappa shape index (κ2) is 8.61. The molecule has 1 aromatic carbocycles. The lowest BCUT2D eigenvalue weighted by atomic mass is 10.1. The topological polar surface area (TPSA) is 68.4 Å². The first-order valence-electron chi connectivity index (χ1n) is 11.5. The van der Waals surface area contributed by atoms with Crippen LogP contribution in [0.3, 0.4) is 0 Å². The molecular weight excluding hydrogens is 449 g/mol. The molecule has 0 N–H and O–H groups in total. The van der Waals surface area contributed by atoms with Crippen molar-refractivity contribution >= 4 is 22.7 Å². The molecule has 1 fully saturated rings. The van der Waals surface area contributed by atoms with Gasteiger partial charge in [-0.1, -0.05) is 25.1 Å². The van der Waals surface area contributed by atoms with E-state index in [9.17, 15) is 18.0 Å². The lowest BCUT2D eigenvalue weighted by Gasteiger charge is -2.40. The third-order valence-electron chi connectivity index (χ3n) is 6.68. The normalized spacial score (nSPS) is 21.2. The molecule has 0 amide bonds. The number of fused-ring (bicyclic) bond motifs is 2. The monoisotopic (exact) mass is 476 g/mol. The average molecular weight is 477 g/mol. The summed E-state index contributed by atoms with van der Waals surface area (Å²) in [7, 11) is 1.76. The van der Waals surface area contributed by atoms with Gasteiger partial charge >= 0.3 is 6.18 Å². The van der Waals surface area contributed by atoms with Crippen molar-refractivity contribution in [2.75, 3.05) is 29.5 Å². The van der Waals surface area contributed by atoms with E-state index in [4.69, 9.17) is 4.74 Å². The number of anilines is 2. The standard InChI is InChI=1S/C23H27F3N6O2/c1-3-15-13-30(10-11-34-15)20-12-21(33)31-9-8-19(23(24,25)26)32(22(31)27-20)14-17-16-6-4-5-7-18(16)29(2)28-17/h4-7,12,15,19H,3,8-11,13-14H2,1-2H3. The highest BCUT2D eigenvalue weighted by Gasteiger charge is 2.47. The summed E-state index contributed by atoms with van der Waals surface area (Å²) in [6.07, 6.45) is -3.91. The van der Waals surface area contributed by atoms with Gasteiger partial charge in [0.2, 0.25) is 5.95 Å². The van der Waals surface area contributed by atoms with E-state index < -0.39 is 12.2 Å². The molecule has 34 heavy (non-hydrogen) atoms. The Labute approximate surface area is 194 Å². The molecule has 8 nitrogen and oxygen atoms in total. The molecule has 1 saturated heterocycles. The van der Waals surface area contributed by atoms with Gasteiger partial charge < -0.3 is 14.5 Å². The molecule has 5 rings (SSSR count). The predicted molar refractivity (Wildman–Crippen MR) is 122 cm³/mol. The lowest BCUT2D eigenvalue weighted by molar-refractivity contribution is -0.153. The van der Waals surface area contributed by atoms with Crippen molar-refractivity contribution in [2.45, 2.75) is 51.2 Å². The van der Waals surface area contributed by atoms with E-state index >= 15 is 0 Å². The van der Waals surface area contributed by atoms with Crippen LogP contribution < -0.4 is 15.4 Å². The zero-order valence-corrected chi connectivity index (χ0v) is 19.1. The number of morpholine rings is 1. The van der Waals surface area contributed by atoms with Crippen LogP contribution in [-0.2, 0) is 24.9 Å². The van der Waals surface area contributed by atoms with Gasteiger partial charge in [-0.2, -0.15) is 23.3 Å². The Balaban J connectivity index is 1.59. The first-order valence-corrected chi connectivity index (χ1v) is 11.5. The van der Waals surface area contributed by atoms with Crippen LogP contribution >= 0.6 is 0 Å². The molecule has 2 aliphatic heterocycles. The van der Waals surface area contributed by atoms with Crippen molar-refractivity contribution in [2.24, 2.45) is 7.05 Å². The number of aryl methyl sites for hydroxylation is 1. The first-order chi connectivity index (χ1) is 16.3. The zero-order valence-electron chi connectivity index (χ0n) is 19.1. The fourth-order valence-corrected chi connectivity index (χ4v) is 4.88. The minimum Gasteiger partial charge on any atom is -0.375 e. The summed E-state index contributed by atoms with van der Waals surface area (Å²) in [6.45, 7) is 3.41. The van der Waals surface area contributed by atoms with Crippen LogP contribution in [0.4, 0.5) is 24.9 Å². The molecular formula is C23H27F3N6O2. The van der Waals surface area contributed by atoms with Crippen LogP contribution in [-0.4, -0.2) is 57.4 Å². The van der Waals surface area contributed by atoms with Crippen LogP contribution in [0.25, 0.3) is 10.9 Å². The van der Waals surface area contributed by atoms with Crippen molar-refractivity contribution in [3.63, 3.8) is 0 Å². The third kappa shape index (κ3) is 4.02. The maximum absolute atomic E-state index is 14.2. The Morgan fingerprint density at radius 2 is 2.00 bits per heavy atom. The Hall–Kier alpha value is -3.08. The van der Waals surface area contributed by atoms with Crippen LogP contribution in [0, 0.1) is 0 Å². The number of hydrogen-bond acceptors (Lipinski definition) is 6. The van der Waals surface area contributed by atoms with Crippen LogP contribution in [0.1, 0.15) is 25.5 Å². The number of para-hydroxylation sites is 1. The average Bonchev–Trinajstić information content (AvgIpc) is 3.14. The van der Waals surface area contributed by atoms with Gasteiger partial charge in [-0.25, -0.2) is 0 Å². The minimum absolute atomic E-state index is 0.00625. The number of halogens is 3. The highest BCUT2D eigenvalue weighted by atomic mass is 19.4. The minimum atomic E-state index is -4.48. The molecule has 0 radical (unpaired) electrons. The van der Waals surface area contributed by atoms with Gasteiger partial charge in [0.15, 0.2) is 0 Å². The summed E-state index contributed by atoms with van der Waals surface area (Å²) in [5, 5.41) is 5.27. The Morgan fingerprint density at radius 1 is 1.21 bits per heavy atom. The quantitative estimate of drug-likeness (QED) is 0.577. The number of benzene rings is 1. The maximum Gasteiger partial charge on any atom is 0.408 e. The molecule has 2 unspecified atom stereocenters. The number of nitrogens with zero attached hydrogens (tertiary/aromatic N) is 6. The Kier molecular flexibility index (Phi) is 5.75. The second-order valence-corrected chi connectivity index (χ2v) is 8.81. The zero-order chi connectivity index (χ0) is 24.0. The highest BCUT2D eigenvalue weighted by molar-refractivity contribution is 5.82. The van der Waals surface area contributed by atoms with E-state index in [-0.39, 0.29) is 37.1 Å². The van der Waals surface area contributed by atoms with E-state index in [2.05, 4.69) is 10.1 Å². The van der Waals surface area contributed by atoms with E-state index in [1.807, 2.05) is 36.1 Å². The van der Waals surface area contributed by atoms with E-state index in [1.54, 1.807) is 11.7 Å². The number of hydrogen-bond donors (Lipinski definition) is 0. The number of rotatable bonds is 4. The van der Waals surface area contributed by atoms with Gasteiger partial charge in [0, 0.05) is 38.1 Å². The Bertz CT molecular complexity index is 1250.